The third kappa shape index (κ3) is 3.83. The SMILES string of the molecule is NCC#Cc1cccc(C(=O)NC2CCS(=O)(=O)C2)c1. The molecular weight excluding hydrogens is 276 g/mol. The summed E-state index contributed by atoms with van der Waals surface area (Å²) in [5, 5.41) is 2.74. The van der Waals surface area contributed by atoms with Crippen LogP contribution in [0.1, 0.15) is 22.3 Å². The zero-order valence-corrected chi connectivity index (χ0v) is 11.7. The Balaban J connectivity index is 2.06. The van der Waals surface area contributed by atoms with E-state index in [2.05, 4.69) is 17.2 Å². The van der Waals surface area contributed by atoms with E-state index in [0.29, 0.717) is 17.5 Å². The number of nitrogens with two attached hydrogens (primary N) is 1. The van der Waals surface area contributed by atoms with Gasteiger partial charge in [-0.3, -0.25) is 4.79 Å². The normalized spacial score (nSPS) is 19.9. The molecule has 0 saturated carbocycles. The van der Waals surface area contributed by atoms with Crippen LogP contribution >= 0.6 is 0 Å². The van der Waals surface area contributed by atoms with Crippen LogP contribution < -0.4 is 11.1 Å². The molecule has 1 aliphatic heterocycles. The Bertz CT molecular complexity index is 671. The van der Waals surface area contributed by atoms with Crippen LogP contribution in [0.4, 0.5) is 0 Å². The quantitative estimate of drug-likeness (QED) is 0.746. The van der Waals surface area contributed by atoms with Crippen molar-refractivity contribution in [2.75, 3.05) is 18.1 Å². The molecular formula is C14H16N2O3S. The summed E-state index contributed by atoms with van der Waals surface area (Å²) in [5.41, 5.74) is 6.48. The Kier molecular flexibility index (Phi) is 4.42. The lowest BCUT2D eigenvalue weighted by Gasteiger charge is -2.10. The molecule has 2 rings (SSSR count). The molecule has 0 spiro atoms. The van der Waals surface area contributed by atoms with E-state index in [1.807, 2.05) is 0 Å². The molecule has 0 bridgehead atoms. The number of hydrogen-bond acceptors (Lipinski definition) is 4. The fourth-order valence-electron chi connectivity index (χ4n) is 2.07. The molecule has 20 heavy (non-hydrogen) atoms. The Morgan fingerprint density at radius 2 is 2.25 bits per heavy atom. The lowest BCUT2D eigenvalue weighted by molar-refractivity contribution is 0.0941. The number of rotatable bonds is 2. The molecule has 1 aliphatic rings. The number of nitrogens with one attached hydrogen (secondary N) is 1. The molecule has 0 aromatic heterocycles. The van der Waals surface area contributed by atoms with Crippen LogP contribution in [0.15, 0.2) is 24.3 Å². The average Bonchev–Trinajstić information content (AvgIpc) is 2.76. The summed E-state index contributed by atoms with van der Waals surface area (Å²) < 4.78 is 22.7. The van der Waals surface area contributed by atoms with E-state index < -0.39 is 9.84 Å². The van der Waals surface area contributed by atoms with Crippen molar-refractivity contribution in [1.82, 2.24) is 5.32 Å². The summed E-state index contributed by atoms with van der Waals surface area (Å²) >= 11 is 0. The van der Waals surface area contributed by atoms with Crippen molar-refractivity contribution in [2.45, 2.75) is 12.5 Å². The van der Waals surface area contributed by atoms with Crippen molar-refractivity contribution in [2.24, 2.45) is 5.73 Å². The van der Waals surface area contributed by atoms with Gasteiger partial charge < -0.3 is 11.1 Å². The zero-order valence-electron chi connectivity index (χ0n) is 10.9. The van der Waals surface area contributed by atoms with Gasteiger partial charge in [0.15, 0.2) is 9.84 Å². The van der Waals surface area contributed by atoms with Crippen LogP contribution in [0.25, 0.3) is 0 Å². The van der Waals surface area contributed by atoms with Crippen LogP contribution in [-0.2, 0) is 9.84 Å². The average molecular weight is 292 g/mol. The second-order valence-corrected chi connectivity index (χ2v) is 6.89. The summed E-state index contributed by atoms with van der Waals surface area (Å²) in [6.45, 7) is 0.260. The van der Waals surface area contributed by atoms with E-state index in [4.69, 9.17) is 5.73 Å². The van der Waals surface area contributed by atoms with Crippen molar-refractivity contribution in [1.29, 1.82) is 0 Å². The molecule has 3 N–H and O–H groups in total. The Morgan fingerprint density at radius 1 is 1.45 bits per heavy atom. The highest BCUT2D eigenvalue weighted by atomic mass is 32.2. The van der Waals surface area contributed by atoms with Gasteiger partial charge >= 0.3 is 0 Å². The Labute approximate surface area is 118 Å². The highest BCUT2D eigenvalue weighted by molar-refractivity contribution is 7.91. The Hall–Kier alpha value is -1.84. The van der Waals surface area contributed by atoms with E-state index in [9.17, 15) is 13.2 Å². The molecule has 1 amide bonds. The highest BCUT2D eigenvalue weighted by Gasteiger charge is 2.29. The van der Waals surface area contributed by atoms with Gasteiger partial charge in [-0.05, 0) is 24.6 Å². The first kappa shape index (κ1) is 14.6. The maximum Gasteiger partial charge on any atom is 0.251 e. The number of hydrogen-bond donors (Lipinski definition) is 2. The van der Waals surface area contributed by atoms with Gasteiger partial charge in [-0.25, -0.2) is 8.42 Å². The van der Waals surface area contributed by atoms with Crippen LogP contribution in [0.3, 0.4) is 0 Å². The van der Waals surface area contributed by atoms with Crippen LogP contribution in [0.2, 0.25) is 0 Å². The molecule has 1 aromatic carbocycles. The van der Waals surface area contributed by atoms with Gasteiger partial charge in [-0.1, -0.05) is 17.9 Å². The van der Waals surface area contributed by atoms with E-state index >= 15 is 0 Å². The molecule has 5 nitrogen and oxygen atoms in total. The number of benzene rings is 1. The van der Waals surface area contributed by atoms with Gasteiger partial charge in [0.2, 0.25) is 0 Å². The summed E-state index contributed by atoms with van der Waals surface area (Å²) in [6.07, 6.45) is 0.473. The molecule has 1 unspecified atom stereocenters. The fraction of sp³-hybridized carbons (Fsp3) is 0.357. The lowest BCUT2D eigenvalue weighted by atomic mass is 10.1. The monoisotopic (exact) mass is 292 g/mol. The molecule has 0 radical (unpaired) electrons. The molecule has 1 saturated heterocycles. The summed E-state index contributed by atoms with van der Waals surface area (Å²) in [5.74, 6) is 5.46. The molecule has 106 valence electrons. The van der Waals surface area contributed by atoms with E-state index in [0.717, 1.165) is 0 Å². The summed E-state index contributed by atoms with van der Waals surface area (Å²) in [4.78, 5) is 12.1. The molecule has 1 fully saturated rings. The first-order chi connectivity index (χ1) is 9.50. The van der Waals surface area contributed by atoms with Crippen molar-refractivity contribution in [3.63, 3.8) is 0 Å². The van der Waals surface area contributed by atoms with E-state index in [-0.39, 0.29) is 30.0 Å². The third-order valence-electron chi connectivity index (χ3n) is 3.03. The van der Waals surface area contributed by atoms with Crippen molar-refractivity contribution >= 4 is 15.7 Å². The number of carbonyl (C=O) groups excluding carboxylic acids is 1. The second-order valence-electron chi connectivity index (χ2n) is 4.66. The standard InChI is InChI=1S/C14H16N2O3S/c15-7-2-4-11-3-1-5-12(9-11)14(17)16-13-6-8-20(18,19)10-13/h1,3,5,9,13H,6-8,10,15H2,(H,16,17). The maximum absolute atomic E-state index is 12.1. The summed E-state index contributed by atoms with van der Waals surface area (Å²) in [7, 11) is -2.99. The van der Waals surface area contributed by atoms with Gasteiger partial charge in [0.05, 0.1) is 18.1 Å². The highest BCUT2D eigenvalue weighted by Crippen LogP contribution is 2.12. The van der Waals surface area contributed by atoms with Gasteiger partial charge in [0.25, 0.3) is 5.91 Å². The van der Waals surface area contributed by atoms with E-state index in [1.54, 1.807) is 24.3 Å². The van der Waals surface area contributed by atoms with E-state index in [1.165, 1.54) is 0 Å². The van der Waals surface area contributed by atoms with Crippen LogP contribution in [-0.4, -0.2) is 38.4 Å². The predicted octanol–water partition coefficient (Wildman–Crippen LogP) is -0.0863. The first-order valence-corrected chi connectivity index (χ1v) is 8.12. The molecule has 1 aromatic rings. The maximum atomic E-state index is 12.1. The topological polar surface area (TPSA) is 89.3 Å². The first-order valence-electron chi connectivity index (χ1n) is 6.30. The minimum Gasteiger partial charge on any atom is -0.348 e. The molecule has 6 heteroatoms. The molecule has 1 atom stereocenters. The minimum atomic E-state index is -2.99. The smallest absolute Gasteiger partial charge is 0.251 e. The third-order valence-corrected chi connectivity index (χ3v) is 4.80. The van der Waals surface area contributed by atoms with Gasteiger partial charge in [0, 0.05) is 17.2 Å². The zero-order chi connectivity index (χ0) is 14.6. The van der Waals surface area contributed by atoms with Crippen molar-refractivity contribution in [3.05, 3.63) is 35.4 Å². The second kappa shape index (κ2) is 6.07. The molecule has 0 aliphatic carbocycles. The largest absolute Gasteiger partial charge is 0.348 e. The van der Waals surface area contributed by atoms with Gasteiger partial charge in [-0.15, -0.1) is 0 Å². The van der Waals surface area contributed by atoms with Crippen molar-refractivity contribution < 1.29 is 13.2 Å². The minimum absolute atomic E-state index is 0.0193. The number of amides is 1. The van der Waals surface area contributed by atoms with Gasteiger partial charge in [0.1, 0.15) is 0 Å². The van der Waals surface area contributed by atoms with Gasteiger partial charge in [-0.2, -0.15) is 0 Å². The lowest BCUT2D eigenvalue weighted by Crippen LogP contribution is -2.35. The van der Waals surface area contributed by atoms with Crippen molar-refractivity contribution in [3.8, 4) is 11.8 Å². The fourth-order valence-corrected chi connectivity index (χ4v) is 3.74. The van der Waals surface area contributed by atoms with Crippen LogP contribution in [0, 0.1) is 11.8 Å². The predicted molar refractivity (Wildman–Crippen MR) is 76.9 cm³/mol. The van der Waals surface area contributed by atoms with Crippen LogP contribution in [0.5, 0.6) is 0 Å². The number of carbonyl (C=O) groups is 1. The summed E-state index contributed by atoms with van der Waals surface area (Å²) in [6, 6.07) is 6.57. The molecule has 1 heterocycles. The number of sulfone groups is 1. The Morgan fingerprint density at radius 3 is 2.90 bits per heavy atom.